The molecule has 0 radical (unpaired) electrons. The van der Waals surface area contributed by atoms with E-state index in [1.54, 1.807) is 19.8 Å². The van der Waals surface area contributed by atoms with Crippen LogP contribution in [-0.4, -0.2) is 57.6 Å². The largest absolute Gasteiger partial charge is 0.354 e. The highest BCUT2D eigenvalue weighted by Crippen LogP contribution is 2.12. The molecule has 144 valence electrons. The molecule has 0 spiro atoms. The van der Waals surface area contributed by atoms with Gasteiger partial charge in [0.1, 0.15) is 0 Å². The van der Waals surface area contributed by atoms with E-state index in [9.17, 15) is 0 Å². The van der Waals surface area contributed by atoms with Gasteiger partial charge in [0.25, 0.3) is 0 Å². The minimum atomic E-state index is 0.671. The third-order valence-electron chi connectivity index (χ3n) is 3.60. The highest BCUT2D eigenvalue weighted by molar-refractivity contribution is 7.98. The second kappa shape index (κ2) is 11.9. The first-order valence-corrected chi connectivity index (χ1v) is 10.7. The van der Waals surface area contributed by atoms with E-state index in [0.717, 1.165) is 47.5 Å². The smallest absolute Gasteiger partial charge is 0.215 e. The molecule has 0 saturated heterocycles. The predicted molar refractivity (Wildman–Crippen MR) is 109 cm³/mol. The number of H-pyrrole nitrogens is 2. The summed E-state index contributed by atoms with van der Waals surface area (Å²) >= 11 is 3.67. The lowest BCUT2D eigenvalue weighted by Crippen LogP contribution is -2.38. The van der Waals surface area contributed by atoms with Crippen molar-refractivity contribution in [3.63, 3.8) is 0 Å². The number of hydroxylamine groups is 1. The Labute approximate surface area is 162 Å². The molecule has 0 saturated carbocycles. The highest BCUT2D eigenvalue weighted by Gasteiger charge is 2.02. The van der Waals surface area contributed by atoms with Crippen molar-refractivity contribution in [2.24, 2.45) is 4.99 Å². The Hall–Kier alpha value is -1.65. The SMILES string of the molecule is CON/C(=N\CCSCc1[nH]cnc1C)NCCSCc1[nH]cnc1C. The van der Waals surface area contributed by atoms with Crippen molar-refractivity contribution in [3.8, 4) is 0 Å². The lowest BCUT2D eigenvalue weighted by molar-refractivity contribution is 0.141. The molecule has 8 nitrogen and oxygen atoms in total. The van der Waals surface area contributed by atoms with Crippen LogP contribution in [0, 0.1) is 13.8 Å². The van der Waals surface area contributed by atoms with E-state index in [1.807, 2.05) is 37.4 Å². The van der Waals surface area contributed by atoms with Gasteiger partial charge in [0, 0.05) is 40.9 Å². The van der Waals surface area contributed by atoms with Crippen LogP contribution in [0.3, 0.4) is 0 Å². The Kier molecular flexibility index (Phi) is 9.43. The van der Waals surface area contributed by atoms with Crippen LogP contribution >= 0.6 is 23.5 Å². The molecule has 2 rings (SSSR count). The van der Waals surface area contributed by atoms with Gasteiger partial charge in [-0.2, -0.15) is 23.5 Å². The third-order valence-corrected chi connectivity index (χ3v) is 5.55. The fraction of sp³-hybridized carbons (Fsp3) is 0.562. The molecule has 0 bridgehead atoms. The molecule has 26 heavy (non-hydrogen) atoms. The van der Waals surface area contributed by atoms with Crippen molar-refractivity contribution in [1.29, 1.82) is 0 Å². The Morgan fingerprint density at radius 1 is 1.08 bits per heavy atom. The third kappa shape index (κ3) is 7.30. The maximum atomic E-state index is 4.98. The first-order chi connectivity index (χ1) is 12.7. The van der Waals surface area contributed by atoms with E-state index in [1.165, 1.54) is 11.4 Å². The standard InChI is InChI=1S/C16H27N7OS2/c1-12-14(21-10-19-12)8-25-6-4-17-16(23-24-3)18-5-7-26-9-15-13(2)20-11-22-15/h10-11H,4-9H2,1-3H3,(H,19,21)(H,20,22)(H2,17,18,23). The summed E-state index contributed by atoms with van der Waals surface area (Å²) in [7, 11) is 1.59. The molecule has 0 fully saturated rings. The summed E-state index contributed by atoms with van der Waals surface area (Å²) in [4.78, 5) is 24.2. The average molecular weight is 398 g/mol. The number of guanidine groups is 1. The van der Waals surface area contributed by atoms with Gasteiger partial charge in [-0.05, 0) is 13.8 Å². The van der Waals surface area contributed by atoms with Crippen molar-refractivity contribution in [2.45, 2.75) is 25.4 Å². The number of aromatic nitrogens is 4. The Morgan fingerprint density at radius 2 is 1.69 bits per heavy atom. The zero-order valence-corrected chi connectivity index (χ0v) is 17.1. The van der Waals surface area contributed by atoms with Gasteiger partial charge in [0.05, 0.1) is 37.7 Å². The summed E-state index contributed by atoms with van der Waals surface area (Å²) in [5, 5.41) is 3.27. The van der Waals surface area contributed by atoms with E-state index in [2.05, 4.69) is 35.7 Å². The van der Waals surface area contributed by atoms with Crippen molar-refractivity contribution < 1.29 is 4.84 Å². The molecule has 4 N–H and O–H groups in total. The molecule has 10 heteroatoms. The Balaban J connectivity index is 1.59. The van der Waals surface area contributed by atoms with E-state index in [-0.39, 0.29) is 0 Å². The summed E-state index contributed by atoms with van der Waals surface area (Å²) in [5.41, 5.74) is 7.29. The zero-order valence-electron chi connectivity index (χ0n) is 15.5. The number of thioether (sulfide) groups is 2. The van der Waals surface area contributed by atoms with Gasteiger partial charge in [0.15, 0.2) is 0 Å². The van der Waals surface area contributed by atoms with Crippen LogP contribution in [0.2, 0.25) is 0 Å². The zero-order chi connectivity index (χ0) is 18.6. The minimum Gasteiger partial charge on any atom is -0.354 e. The average Bonchev–Trinajstić information content (AvgIpc) is 3.22. The summed E-state index contributed by atoms with van der Waals surface area (Å²) < 4.78 is 0. The van der Waals surface area contributed by atoms with Crippen LogP contribution in [0.4, 0.5) is 0 Å². The van der Waals surface area contributed by atoms with E-state index in [4.69, 9.17) is 4.84 Å². The van der Waals surface area contributed by atoms with Crippen molar-refractivity contribution in [3.05, 3.63) is 35.4 Å². The van der Waals surface area contributed by atoms with Gasteiger partial charge >= 0.3 is 0 Å². The van der Waals surface area contributed by atoms with E-state index >= 15 is 0 Å². The van der Waals surface area contributed by atoms with Crippen LogP contribution in [0.25, 0.3) is 0 Å². The number of aromatic amines is 2. The van der Waals surface area contributed by atoms with Crippen LogP contribution < -0.4 is 10.8 Å². The number of nitrogens with zero attached hydrogens (tertiary/aromatic N) is 3. The quantitative estimate of drug-likeness (QED) is 0.199. The normalized spacial score (nSPS) is 11.7. The number of aliphatic imine (C=N–C) groups is 1. The fourth-order valence-corrected chi connectivity index (χ4v) is 3.85. The summed E-state index contributed by atoms with van der Waals surface area (Å²) in [6.07, 6.45) is 3.47. The number of hydrogen-bond donors (Lipinski definition) is 4. The number of hydrogen-bond acceptors (Lipinski definition) is 6. The molecule has 0 aromatic carbocycles. The number of imidazole rings is 2. The topological polar surface area (TPSA) is 103 Å². The molecular weight excluding hydrogens is 370 g/mol. The lowest BCUT2D eigenvalue weighted by Gasteiger charge is -2.10. The maximum Gasteiger partial charge on any atom is 0.215 e. The summed E-state index contributed by atoms with van der Waals surface area (Å²) in [6.45, 7) is 5.56. The minimum absolute atomic E-state index is 0.671. The van der Waals surface area contributed by atoms with Gasteiger partial charge in [-0.15, -0.1) is 0 Å². The summed E-state index contributed by atoms with van der Waals surface area (Å²) in [6, 6.07) is 0. The predicted octanol–water partition coefficient (Wildman–Crippen LogP) is 2.01. The monoisotopic (exact) mass is 397 g/mol. The first kappa shape index (κ1) is 20.7. The Bertz CT molecular complexity index is 671. The number of rotatable bonds is 11. The molecule has 0 amide bonds. The number of aryl methyl sites for hydroxylation is 2. The molecule has 2 aromatic rings. The fourth-order valence-electron chi connectivity index (χ4n) is 2.10. The second-order valence-electron chi connectivity index (χ2n) is 5.50. The van der Waals surface area contributed by atoms with E-state index in [0.29, 0.717) is 5.96 Å². The molecule has 2 heterocycles. The van der Waals surface area contributed by atoms with Crippen LogP contribution in [0.5, 0.6) is 0 Å². The number of nitrogens with one attached hydrogen (secondary N) is 4. The van der Waals surface area contributed by atoms with Crippen molar-refractivity contribution in [1.82, 2.24) is 30.7 Å². The molecule has 0 aliphatic heterocycles. The molecule has 0 atom stereocenters. The first-order valence-electron chi connectivity index (χ1n) is 8.41. The van der Waals surface area contributed by atoms with Crippen LogP contribution in [-0.2, 0) is 16.3 Å². The highest BCUT2D eigenvalue weighted by atomic mass is 32.2. The Morgan fingerprint density at radius 3 is 2.23 bits per heavy atom. The molecule has 2 aromatic heterocycles. The molecule has 0 aliphatic rings. The maximum absolute atomic E-state index is 4.98. The van der Waals surface area contributed by atoms with Gasteiger partial charge in [-0.3, -0.25) is 9.83 Å². The van der Waals surface area contributed by atoms with Gasteiger partial charge in [0.2, 0.25) is 5.96 Å². The van der Waals surface area contributed by atoms with Crippen LogP contribution in [0.15, 0.2) is 17.6 Å². The van der Waals surface area contributed by atoms with Crippen LogP contribution in [0.1, 0.15) is 22.8 Å². The van der Waals surface area contributed by atoms with E-state index < -0.39 is 0 Å². The van der Waals surface area contributed by atoms with Gasteiger partial charge < -0.3 is 15.3 Å². The van der Waals surface area contributed by atoms with Crippen molar-refractivity contribution >= 4 is 29.5 Å². The second-order valence-corrected chi connectivity index (χ2v) is 7.71. The molecular formula is C16H27N7OS2. The molecule has 0 aliphatic carbocycles. The molecule has 0 unspecified atom stereocenters. The van der Waals surface area contributed by atoms with Gasteiger partial charge in [-0.25, -0.2) is 15.4 Å². The van der Waals surface area contributed by atoms with Crippen molar-refractivity contribution in [2.75, 3.05) is 31.7 Å². The summed E-state index contributed by atoms with van der Waals surface area (Å²) in [5.74, 6) is 4.43. The lowest BCUT2D eigenvalue weighted by atomic mass is 10.4. The van der Waals surface area contributed by atoms with Gasteiger partial charge in [-0.1, -0.05) is 0 Å².